The summed E-state index contributed by atoms with van der Waals surface area (Å²) in [5, 5.41) is 28.1. The number of carbonyl (C=O) groups excluding carboxylic acids is 1. The summed E-state index contributed by atoms with van der Waals surface area (Å²) in [6.07, 6.45) is 19.3. The highest BCUT2D eigenvalue weighted by Crippen LogP contribution is 2.29. The van der Waals surface area contributed by atoms with Crippen LogP contribution < -0.4 is 10.1 Å². The molecule has 3 atom stereocenters. The van der Waals surface area contributed by atoms with Crippen molar-refractivity contribution >= 4 is 17.5 Å². The molecule has 0 aliphatic carbocycles. The Morgan fingerprint density at radius 2 is 1.57 bits per heavy atom. The Bertz CT molecular complexity index is 955. The number of rotatable bonds is 10. The number of aliphatic hydroxyl groups excluding tert-OH is 3. The zero-order valence-corrected chi connectivity index (χ0v) is 26.9. The normalized spacial score (nSPS) is 14.0. The number of hydrogen-bond donors (Lipinski definition) is 4. The topological polar surface area (TPSA) is 108 Å². The first kappa shape index (κ1) is 43.4. The van der Waals surface area contributed by atoms with E-state index in [4.69, 9.17) is 31.3 Å². The molecule has 2 aromatic rings. The van der Waals surface area contributed by atoms with Crippen molar-refractivity contribution in [3.05, 3.63) is 64.2 Å². The molecule has 1 saturated heterocycles. The summed E-state index contributed by atoms with van der Waals surface area (Å²) >= 11 is 6.43. The third-order valence-electron chi connectivity index (χ3n) is 5.61. The van der Waals surface area contributed by atoms with Crippen molar-refractivity contribution in [2.45, 2.75) is 85.0 Å². The van der Waals surface area contributed by atoms with Crippen molar-refractivity contribution in [1.29, 1.82) is 0 Å². The molecule has 236 valence electrons. The summed E-state index contributed by atoms with van der Waals surface area (Å²) in [6.45, 7) is 11.1. The van der Waals surface area contributed by atoms with Gasteiger partial charge in [0.05, 0.1) is 18.8 Å². The number of halogens is 1. The van der Waals surface area contributed by atoms with Crippen molar-refractivity contribution in [2.75, 3.05) is 26.9 Å². The van der Waals surface area contributed by atoms with Crippen molar-refractivity contribution in [1.82, 2.24) is 5.32 Å². The molecule has 42 heavy (non-hydrogen) atoms. The molecule has 8 heteroatoms. The van der Waals surface area contributed by atoms with Gasteiger partial charge < -0.3 is 30.1 Å². The molecule has 1 fully saturated rings. The molecule has 1 heterocycles. The van der Waals surface area contributed by atoms with Crippen LogP contribution in [0.5, 0.6) is 5.75 Å². The lowest BCUT2D eigenvalue weighted by Crippen LogP contribution is -2.21. The standard InChI is InChI=1S/C22H29ClO3.C5H9NO.C2H6O.2C2H2.CH4O/c1-4-19(24)15-22(26-6-3)17-9-12-21(23)18(14-17)13-16-7-10-20(11-8-16)25-5-2;1-4-2-3-5(7)6-4;1-2-3;3*1-2/h7-12,14,19,22,24H,4-6,13,15H2,1-3H3;4H,2-3H2,1H3,(H,6,7);3H,2H2,1H3;2*1-2H;2H,1H3/t19-,22+;4-;;;;/m01..../s1. The molecule has 1 aliphatic heterocycles. The molecular formula is C34H52ClNO6. The van der Waals surface area contributed by atoms with Crippen LogP contribution in [0.2, 0.25) is 5.02 Å². The van der Waals surface area contributed by atoms with Crippen LogP contribution in [0.3, 0.4) is 0 Å². The summed E-state index contributed by atoms with van der Waals surface area (Å²) < 4.78 is 11.4. The van der Waals surface area contributed by atoms with E-state index < -0.39 is 0 Å². The lowest BCUT2D eigenvalue weighted by Gasteiger charge is -2.21. The van der Waals surface area contributed by atoms with Gasteiger partial charge in [0.2, 0.25) is 5.91 Å². The van der Waals surface area contributed by atoms with Gasteiger partial charge in [0.1, 0.15) is 5.75 Å². The predicted molar refractivity (Wildman–Crippen MR) is 175 cm³/mol. The maximum Gasteiger partial charge on any atom is 0.220 e. The Morgan fingerprint density at radius 3 is 1.98 bits per heavy atom. The van der Waals surface area contributed by atoms with Gasteiger partial charge in [0.15, 0.2) is 0 Å². The Hall–Kier alpha value is -3.04. The first-order valence-electron chi connectivity index (χ1n) is 14.1. The second kappa shape index (κ2) is 29.5. The average Bonchev–Trinajstić information content (AvgIpc) is 3.41. The van der Waals surface area contributed by atoms with E-state index in [1.165, 1.54) is 5.56 Å². The quantitative estimate of drug-likeness (QED) is 0.249. The van der Waals surface area contributed by atoms with E-state index in [2.05, 4.69) is 49.2 Å². The lowest BCUT2D eigenvalue weighted by atomic mass is 9.97. The van der Waals surface area contributed by atoms with Crippen molar-refractivity contribution in [2.24, 2.45) is 0 Å². The Labute approximate surface area is 259 Å². The van der Waals surface area contributed by atoms with Gasteiger partial charge >= 0.3 is 0 Å². The van der Waals surface area contributed by atoms with Crippen LogP contribution >= 0.6 is 11.6 Å². The number of nitrogens with one attached hydrogen (secondary N) is 1. The van der Waals surface area contributed by atoms with E-state index in [0.29, 0.717) is 25.7 Å². The second-order valence-corrected chi connectivity index (χ2v) is 9.08. The third-order valence-corrected chi connectivity index (χ3v) is 5.98. The van der Waals surface area contributed by atoms with Gasteiger partial charge in [-0.3, -0.25) is 4.79 Å². The summed E-state index contributed by atoms with van der Waals surface area (Å²) in [7, 11) is 1.00. The van der Waals surface area contributed by atoms with Gasteiger partial charge in [-0.05, 0) is 81.8 Å². The lowest BCUT2D eigenvalue weighted by molar-refractivity contribution is -0.119. The number of carbonyl (C=O) groups is 1. The first-order valence-corrected chi connectivity index (χ1v) is 14.5. The molecule has 0 bridgehead atoms. The summed E-state index contributed by atoms with van der Waals surface area (Å²) in [5.41, 5.74) is 3.29. The van der Waals surface area contributed by atoms with Crippen LogP contribution in [0.4, 0.5) is 0 Å². The Morgan fingerprint density at radius 1 is 1.00 bits per heavy atom. The molecule has 0 spiro atoms. The largest absolute Gasteiger partial charge is 0.494 e. The van der Waals surface area contributed by atoms with E-state index in [-0.39, 0.29) is 24.7 Å². The number of hydrogen-bond acceptors (Lipinski definition) is 6. The molecule has 0 saturated carbocycles. The highest BCUT2D eigenvalue weighted by molar-refractivity contribution is 6.31. The molecule has 3 rings (SSSR count). The molecule has 1 aliphatic rings. The monoisotopic (exact) mass is 605 g/mol. The van der Waals surface area contributed by atoms with Gasteiger partial charge in [-0.15, -0.1) is 25.7 Å². The van der Waals surface area contributed by atoms with Crippen LogP contribution in [0.1, 0.15) is 83.1 Å². The summed E-state index contributed by atoms with van der Waals surface area (Å²) in [5.74, 6) is 1.08. The van der Waals surface area contributed by atoms with Crippen LogP contribution in [-0.4, -0.2) is 60.3 Å². The molecule has 0 unspecified atom stereocenters. The van der Waals surface area contributed by atoms with E-state index in [1.807, 2.05) is 52.0 Å². The van der Waals surface area contributed by atoms with Crippen LogP contribution in [0.25, 0.3) is 0 Å². The number of ether oxygens (including phenoxy) is 2. The molecule has 7 nitrogen and oxygen atoms in total. The zero-order valence-electron chi connectivity index (χ0n) is 26.2. The highest BCUT2D eigenvalue weighted by Gasteiger charge is 2.17. The molecule has 4 N–H and O–H groups in total. The minimum atomic E-state index is -0.364. The van der Waals surface area contributed by atoms with E-state index in [9.17, 15) is 9.90 Å². The molecule has 2 aromatic carbocycles. The van der Waals surface area contributed by atoms with Gasteiger partial charge in [-0.25, -0.2) is 0 Å². The number of aliphatic hydroxyl groups is 3. The van der Waals surface area contributed by atoms with E-state index >= 15 is 0 Å². The summed E-state index contributed by atoms with van der Waals surface area (Å²) in [6, 6.07) is 14.5. The minimum Gasteiger partial charge on any atom is -0.494 e. The molecule has 1 amide bonds. The van der Waals surface area contributed by atoms with Gasteiger partial charge in [0.25, 0.3) is 0 Å². The summed E-state index contributed by atoms with van der Waals surface area (Å²) in [4.78, 5) is 10.3. The SMILES string of the molecule is C#C.C#C.CCO.CCOc1ccc(Cc2cc([C@@H](C[C@@H](O)CC)OCC)ccc2Cl)cc1.CO.C[C@@H]1CCC(=O)N1. The van der Waals surface area contributed by atoms with Crippen LogP contribution in [-0.2, 0) is 16.0 Å². The predicted octanol–water partition coefficient (Wildman–Crippen LogP) is 5.96. The number of amides is 1. The Balaban J connectivity index is -0.000000785. The number of benzene rings is 2. The highest BCUT2D eigenvalue weighted by atomic mass is 35.5. The van der Waals surface area contributed by atoms with Gasteiger partial charge in [-0.2, -0.15) is 0 Å². The van der Waals surface area contributed by atoms with E-state index in [0.717, 1.165) is 54.7 Å². The van der Waals surface area contributed by atoms with E-state index in [1.54, 1.807) is 6.92 Å². The minimum absolute atomic E-state index is 0.119. The average molecular weight is 606 g/mol. The Kier molecular flexibility index (Phi) is 30.4. The maximum absolute atomic E-state index is 10.3. The van der Waals surface area contributed by atoms with Crippen molar-refractivity contribution < 1.29 is 29.6 Å². The maximum atomic E-state index is 10.3. The first-order chi connectivity index (χ1) is 20.3. The third kappa shape index (κ3) is 19.9. The second-order valence-electron chi connectivity index (χ2n) is 8.67. The van der Waals surface area contributed by atoms with Crippen LogP contribution in [0, 0.1) is 25.7 Å². The molecular weight excluding hydrogens is 554 g/mol. The fraction of sp³-hybridized carbons (Fsp3) is 0.500. The molecule has 0 aromatic heterocycles. The van der Waals surface area contributed by atoms with Gasteiger partial charge in [0, 0.05) is 44.2 Å². The smallest absolute Gasteiger partial charge is 0.220 e. The van der Waals surface area contributed by atoms with Gasteiger partial charge in [-0.1, -0.05) is 42.8 Å². The molecule has 0 radical (unpaired) electrons. The van der Waals surface area contributed by atoms with Crippen molar-refractivity contribution in [3.63, 3.8) is 0 Å². The fourth-order valence-corrected chi connectivity index (χ4v) is 3.89. The number of terminal acetylenes is 2. The van der Waals surface area contributed by atoms with Crippen LogP contribution in [0.15, 0.2) is 42.5 Å². The fourth-order valence-electron chi connectivity index (χ4n) is 3.70. The van der Waals surface area contributed by atoms with Crippen molar-refractivity contribution in [3.8, 4) is 31.4 Å². The zero-order chi connectivity index (χ0) is 32.9.